The van der Waals surface area contributed by atoms with Crippen molar-refractivity contribution in [3.05, 3.63) is 42.5 Å². The van der Waals surface area contributed by atoms with Gasteiger partial charge in [0.2, 0.25) is 0 Å². The van der Waals surface area contributed by atoms with E-state index in [9.17, 15) is 0 Å². The van der Waals surface area contributed by atoms with E-state index in [0.717, 1.165) is 56.6 Å². The van der Waals surface area contributed by atoms with E-state index in [1.165, 1.54) is 0 Å². The van der Waals surface area contributed by atoms with Crippen molar-refractivity contribution in [1.82, 2.24) is 29.3 Å². The molecule has 0 saturated carbocycles. The Bertz CT molecular complexity index is 763. The lowest BCUT2D eigenvalue weighted by Gasteiger charge is -2.26. The van der Waals surface area contributed by atoms with E-state index in [-0.39, 0.29) is 0 Å². The SMILES string of the molecule is Cc1cnc2ccc(NCCN3CCOCC3)nn12.Cn1cccn1. The minimum atomic E-state index is 0.846. The average molecular weight is 343 g/mol. The summed E-state index contributed by atoms with van der Waals surface area (Å²) in [6, 6.07) is 5.85. The number of hydrogen-bond donors (Lipinski definition) is 1. The topological polar surface area (TPSA) is 72.5 Å². The highest BCUT2D eigenvalue weighted by molar-refractivity contribution is 5.45. The van der Waals surface area contributed by atoms with Crippen molar-refractivity contribution >= 4 is 11.5 Å². The molecule has 1 aliphatic heterocycles. The standard InChI is InChI=1S/C13H19N5O.C4H6N2/c1-11-10-15-13-3-2-12(16-18(11)13)14-4-5-17-6-8-19-9-7-17;1-6-4-2-3-5-6/h2-3,10H,4-9H2,1H3,(H,14,16);2-4H,1H3. The lowest BCUT2D eigenvalue weighted by atomic mass is 10.4. The molecule has 0 spiro atoms. The van der Waals surface area contributed by atoms with Crippen molar-refractivity contribution < 1.29 is 4.74 Å². The van der Waals surface area contributed by atoms with Crippen molar-refractivity contribution in [2.75, 3.05) is 44.7 Å². The van der Waals surface area contributed by atoms with E-state index in [4.69, 9.17) is 4.74 Å². The third kappa shape index (κ3) is 5.01. The van der Waals surface area contributed by atoms with Crippen LogP contribution in [-0.4, -0.2) is 68.7 Å². The van der Waals surface area contributed by atoms with Gasteiger partial charge < -0.3 is 10.1 Å². The number of morpholine rings is 1. The summed E-state index contributed by atoms with van der Waals surface area (Å²) in [6.45, 7) is 7.66. The zero-order valence-electron chi connectivity index (χ0n) is 14.8. The highest BCUT2D eigenvalue weighted by Gasteiger charge is 2.09. The summed E-state index contributed by atoms with van der Waals surface area (Å²) in [5.41, 5.74) is 1.93. The van der Waals surface area contributed by atoms with Gasteiger partial charge in [-0.3, -0.25) is 9.58 Å². The van der Waals surface area contributed by atoms with Gasteiger partial charge in [0.05, 0.1) is 25.1 Å². The molecule has 0 unspecified atom stereocenters. The molecular weight excluding hydrogens is 318 g/mol. The second-order valence-corrected chi connectivity index (χ2v) is 5.95. The zero-order valence-corrected chi connectivity index (χ0v) is 14.8. The van der Waals surface area contributed by atoms with E-state index in [0.29, 0.717) is 0 Å². The molecule has 0 amide bonds. The maximum atomic E-state index is 5.33. The molecule has 0 aromatic carbocycles. The Morgan fingerprint density at radius 3 is 2.76 bits per heavy atom. The third-order valence-corrected chi connectivity index (χ3v) is 4.01. The predicted molar refractivity (Wildman–Crippen MR) is 96.7 cm³/mol. The quantitative estimate of drug-likeness (QED) is 0.767. The van der Waals surface area contributed by atoms with Crippen LogP contribution in [-0.2, 0) is 11.8 Å². The van der Waals surface area contributed by atoms with E-state index >= 15 is 0 Å². The number of hydrogen-bond acceptors (Lipinski definition) is 6. The van der Waals surface area contributed by atoms with Crippen LogP contribution < -0.4 is 5.32 Å². The first-order valence-corrected chi connectivity index (χ1v) is 8.51. The van der Waals surface area contributed by atoms with E-state index in [2.05, 4.69) is 25.4 Å². The zero-order chi connectivity index (χ0) is 17.5. The Hall–Kier alpha value is -2.45. The summed E-state index contributed by atoms with van der Waals surface area (Å²) in [4.78, 5) is 6.66. The number of ether oxygens (including phenoxy) is 1. The van der Waals surface area contributed by atoms with Crippen molar-refractivity contribution in [3.8, 4) is 0 Å². The number of anilines is 1. The first-order chi connectivity index (χ1) is 12.2. The molecule has 1 N–H and O–H groups in total. The number of aryl methyl sites for hydroxylation is 2. The number of imidazole rings is 1. The van der Waals surface area contributed by atoms with Crippen molar-refractivity contribution in [1.29, 1.82) is 0 Å². The van der Waals surface area contributed by atoms with Crippen LogP contribution in [0.15, 0.2) is 36.8 Å². The molecule has 3 aromatic rings. The molecule has 4 heterocycles. The number of rotatable bonds is 4. The lowest BCUT2D eigenvalue weighted by Crippen LogP contribution is -2.39. The predicted octanol–water partition coefficient (Wildman–Crippen LogP) is 1.20. The number of nitrogens with zero attached hydrogens (tertiary/aromatic N) is 6. The molecule has 3 aromatic heterocycles. The molecule has 4 rings (SSSR count). The van der Waals surface area contributed by atoms with Crippen LogP contribution in [0.3, 0.4) is 0 Å². The van der Waals surface area contributed by atoms with Gasteiger partial charge in [0.1, 0.15) is 5.82 Å². The Balaban J connectivity index is 0.000000258. The lowest BCUT2D eigenvalue weighted by molar-refractivity contribution is 0.0398. The van der Waals surface area contributed by atoms with Crippen molar-refractivity contribution in [2.45, 2.75) is 6.92 Å². The van der Waals surface area contributed by atoms with Gasteiger partial charge in [-0.05, 0) is 25.1 Å². The molecule has 0 radical (unpaired) electrons. The van der Waals surface area contributed by atoms with E-state index < -0.39 is 0 Å². The average Bonchev–Trinajstić information content (AvgIpc) is 3.26. The van der Waals surface area contributed by atoms with E-state index in [1.807, 2.05) is 49.1 Å². The van der Waals surface area contributed by atoms with Crippen molar-refractivity contribution in [3.63, 3.8) is 0 Å². The summed E-state index contributed by atoms with van der Waals surface area (Å²) < 4.78 is 8.94. The molecule has 0 bridgehead atoms. The Kier molecular flexibility index (Phi) is 5.97. The summed E-state index contributed by atoms with van der Waals surface area (Å²) in [6.07, 6.45) is 5.47. The van der Waals surface area contributed by atoms with Crippen LogP contribution in [0.5, 0.6) is 0 Å². The number of nitrogens with one attached hydrogen (secondary N) is 1. The fraction of sp³-hybridized carbons (Fsp3) is 0.471. The van der Waals surface area contributed by atoms with Gasteiger partial charge in [0.15, 0.2) is 5.65 Å². The molecule has 25 heavy (non-hydrogen) atoms. The van der Waals surface area contributed by atoms with Crippen LogP contribution >= 0.6 is 0 Å². The fourth-order valence-electron chi connectivity index (χ4n) is 2.59. The molecule has 134 valence electrons. The Morgan fingerprint density at radius 1 is 1.24 bits per heavy atom. The second-order valence-electron chi connectivity index (χ2n) is 5.95. The minimum Gasteiger partial charge on any atom is -0.379 e. The summed E-state index contributed by atoms with van der Waals surface area (Å²) in [5, 5.41) is 11.7. The molecule has 1 aliphatic rings. The van der Waals surface area contributed by atoms with Crippen LogP contribution in [0.1, 0.15) is 5.69 Å². The second kappa shape index (κ2) is 8.59. The first kappa shape index (κ1) is 17.4. The molecule has 1 saturated heterocycles. The van der Waals surface area contributed by atoms with Gasteiger partial charge in [0.25, 0.3) is 0 Å². The smallest absolute Gasteiger partial charge is 0.153 e. The van der Waals surface area contributed by atoms with Crippen LogP contribution in [0.4, 0.5) is 5.82 Å². The monoisotopic (exact) mass is 343 g/mol. The number of aromatic nitrogens is 5. The van der Waals surface area contributed by atoms with Crippen LogP contribution in [0, 0.1) is 6.92 Å². The maximum absolute atomic E-state index is 5.33. The molecule has 1 fully saturated rings. The molecular formula is C17H25N7O. The Labute approximate surface area is 147 Å². The molecule has 0 aliphatic carbocycles. The Morgan fingerprint density at radius 2 is 2.08 bits per heavy atom. The molecule has 0 atom stereocenters. The van der Waals surface area contributed by atoms with E-state index in [1.54, 1.807) is 10.9 Å². The van der Waals surface area contributed by atoms with Gasteiger partial charge in [-0.15, -0.1) is 5.10 Å². The van der Waals surface area contributed by atoms with Gasteiger partial charge in [-0.2, -0.15) is 5.10 Å². The fourth-order valence-corrected chi connectivity index (χ4v) is 2.59. The summed E-state index contributed by atoms with van der Waals surface area (Å²) in [7, 11) is 1.89. The number of fused-ring (bicyclic) bond motifs is 1. The van der Waals surface area contributed by atoms with Crippen LogP contribution in [0.25, 0.3) is 5.65 Å². The summed E-state index contributed by atoms with van der Waals surface area (Å²) in [5.74, 6) is 0.891. The van der Waals surface area contributed by atoms with Gasteiger partial charge in [-0.1, -0.05) is 0 Å². The minimum absolute atomic E-state index is 0.846. The first-order valence-electron chi connectivity index (χ1n) is 8.51. The third-order valence-electron chi connectivity index (χ3n) is 4.01. The van der Waals surface area contributed by atoms with Gasteiger partial charge in [0, 0.05) is 45.6 Å². The van der Waals surface area contributed by atoms with Gasteiger partial charge >= 0.3 is 0 Å². The highest BCUT2D eigenvalue weighted by Crippen LogP contribution is 2.08. The molecule has 8 heteroatoms. The van der Waals surface area contributed by atoms with Gasteiger partial charge in [-0.25, -0.2) is 9.50 Å². The maximum Gasteiger partial charge on any atom is 0.153 e. The summed E-state index contributed by atoms with van der Waals surface area (Å²) >= 11 is 0. The largest absolute Gasteiger partial charge is 0.379 e. The normalized spacial score (nSPS) is 15.0. The highest BCUT2D eigenvalue weighted by atomic mass is 16.5. The van der Waals surface area contributed by atoms with Crippen LogP contribution in [0.2, 0.25) is 0 Å². The van der Waals surface area contributed by atoms with Crippen molar-refractivity contribution in [2.24, 2.45) is 7.05 Å². The molecule has 8 nitrogen and oxygen atoms in total.